The van der Waals surface area contributed by atoms with Gasteiger partial charge >= 0.3 is 12.1 Å². The number of alkyl carbamates (subject to hydrolysis) is 1. The lowest BCUT2D eigenvalue weighted by Crippen LogP contribution is -2.43. The first-order valence-electron chi connectivity index (χ1n) is 6.54. The molecule has 1 fully saturated rings. The summed E-state index contributed by atoms with van der Waals surface area (Å²) in [6.07, 6.45) is -0.663. The molecule has 0 heterocycles. The summed E-state index contributed by atoms with van der Waals surface area (Å²) >= 11 is 0. The molecule has 0 aromatic rings. The van der Waals surface area contributed by atoms with Crippen LogP contribution >= 0.6 is 0 Å². The van der Waals surface area contributed by atoms with Gasteiger partial charge in [-0.15, -0.1) is 0 Å². The molecule has 1 unspecified atom stereocenters. The Morgan fingerprint density at radius 2 is 1.90 bits per heavy atom. The van der Waals surface area contributed by atoms with Gasteiger partial charge in [0.25, 0.3) is 0 Å². The molecule has 0 aromatic carbocycles. The number of esters is 1. The molecule has 7 heteroatoms. The number of nitrogens with one attached hydrogen (secondary N) is 1. The molecule has 116 valence electrons. The Labute approximate surface area is 118 Å². The number of amides is 1. The Morgan fingerprint density at radius 1 is 1.30 bits per heavy atom. The molecule has 1 rings (SSSR count). The second-order valence-electron chi connectivity index (χ2n) is 5.91. The number of rotatable bonds is 5. The van der Waals surface area contributed by atoms with Crippen molar-refractivity contribution in [2.45, 2.75) is 32.4 Å². The van der Waals surface area contributed by atoms with Crippen molar-refractivity contribution >= 4 is 12.1 Å². The molecule has 0 bridgehead atoms. The smallest absolute Gasteiger partial charge is 0.407 e. The van der Waals surface area contributed by atoms with Gasteiger partial charge in [0.2, 0.25) is 0 Å². The lowest BCUT2D eigenvalue weighted by Gasteiger charge is -2.23. The van der Waals surface area contributed by atoms with Gasteiger partial charge in [0.15, 0.2) is 0 Å². The van der Waals surface area contributed by atoms with Crippen LogP contribution in [0.25, 0.3) is 0 Å². The molecule has 0 saturated heterocycles. The maximum Gasteiger partial charge on any atom is 0.407 e. The summed E-state index contributed by atoms with van der Waals surface area (Å²) in [5.74, 6) is -1.60. The van der Waals surface area contributed by atoms with Crippen LogP contribution in [0.3, 0.4) is 0 Å². The van der Waals surface area contributed by atoms with E-state index < -0.39 is 29.6 Å². The van der Waals surface area contributed by atoms with Crippen LogP contribution in [0.2, 0.25) is 0 Å². The van der Waals surface area contributed by atoms with Gasteiger partial charge in [-0.25, -0.2) is 4.79 Å². The fraction of sp³-hybridized carbons (Fsp3) is 0.846. The van der Waals surface area contributed by atoms with Crippen molar-refractivity contribution in [3.05, 3.63) is 0 Å². The lowest BCUT2D eigenvalue weighted by molar-refractivity contribution is -0.143. The zero-order valence-electron chi connectivity index (χ0n) is 12.3. The Bertz CT molecular complexity index is 364. The SMILES string of the molecule is COC(=O)[C@H]1C(CO)[C@H]1[C@@H](CO)NC(=O)OC(C)(C)C. The third-order valence-corrected chi connectivity index (χ3v) is 3.28. The van der Waals surface area contributed by atoms with E-state index >= 15 is 0 Å². The lowest BCUT2D eigenvalue weighted by atomic mass is 10.1. The molecule has 20 heavy (non-hydrogen) atoms. The van der Waals surface area contributed by atoms with Crippen molar-refractivity contribution in [1.82, 2.24) is 5.32 Å². The Kier molecular flexibility index (Phi) is 5.35. The molecule has 4 atom stereocenters. The first-order chi connectivity index (χ1) is 9.25. The minimum absolute atomic E-state index is 0.197. The molecule has 1 aliphatic carbocycles. The molecular formula is C13H23NO6. The number of hydrogen-bond acceptors (Lipinski definition) is 6. The Balaban J connectivity index is 2.63. The fourth-order valence-electron chi connectivity index (χ4n) is 2.37. The van der Waals surface area contributed by atoms with Crippen molar-refractivity contribution in [2.75, 3.05) is 20.3 Å². The van der Waals surface area contributed by atoms with Crippen LogP contribution in [0.4, 0.5) is 4.79 Å². The summed E-state index contributed by atoms with van der Waals surface area (Å²) in [4.78, 5) is 23.2. The predicted octanol–water partition coefficient (Wildman–Crippen LogP) is -0.101. The zero-order chi connectivity index (χ0) is 15.5. The van der Waals surface area contributed by atoms with Gasteiger partial charge in [-0.3, -0.25) is 4.79 Å². The standard InChI is InChI=1S/C13H23NO6/c1-13(2,3)20-12(18)14-8(6-16)9-7(5-15)10(9)11(17)19-4/h7-10,15-16H,5-6H2,1-4H3,(H,14,18)/t7?,8-,9+,10+/m1/s1. The quantitative estimate of drug-likeness (QED) is 0.610. The maximum absolute atomic E-state index is 11.7. The molecule has 1 amide bonds. The van der Waals surface area contributed by atoms with Crippen molar-refractivity contribution in [3.63, 3.8) is 0 Å². The van der Waals surface area contributed by atoms with E-state index in [0.717, 1.165) is 0 Å². The van der Waals surface area contributed by atoms with Gasteiger partial charge < -0.3 is 25.0 Å². The molecule has 1 aliphatic rings. The van der Waals surface area contributed by atoms with Gasteiger partial charge in [0.05, 0.1) is 25.7 Å². The molecule has 0 aromatic heterocycles. The van der Waals surface area contributed by atoms with E-state index in [1.54, 1.807) is 20.8 Å². The van der Waals surface area contributed by atoms with Gasteiger partial charge in [0, 0.05) is 18.4 Å². The molecule has 0 spiro atoms. The molecular weight excluding hydrogens is 266 g/mol. The molecule has 0 radical (unpaired) electrons. The third kappa shape index (κ3) is 4.08. The number of methoxy groups -OCH3 is 1. The van der Waals surface area contributed by atoms with Gasteiger partial charge in [0.1, 0.15) is 5.60 Å². The topological polar surface area (TPSA) is 105 Å². The monoisotopic (exact) mass is 289 g/mol. The number of aliphatic hydroxyl groups excluding tert-OH is 2. The van der Waals surface area contributed by atoms with Crippen molar-refractivity contribution < 1.29 is 29.3 Å². The summed E-state index contributed by atoms with van der Waals surface area (Å²) in [5.41, 5.74) is -0.647. The molecule has 7 nitrogen and oxygen atoms in total. The highest BCUT2D eigenvalue weighted by molar-refractivity contribution is 5.77. The predicted molar refractivity (Wildman–Crippen MR) is 69.8 cm³/mol. The number of carbonyl (C=O) groups excluding carboxylic acids is 2. The zero-order valence-corrected chi connectivity index (χ0v) is 12.3. The number of hydrogen-bond donors (Lipinski definition) is 3. The number of carbonyl (C=O) groups is 2. The van der Waals surface area contributed by atoms with Crippen LogP contribution in [0, 0.1) is 17.8 Å². The highest BCUT2D eigenvalue weighted by Crippen LogP contribution is 2.48. The van der Waals surface area contributed by atoms with Crippen LogP contribution < -0.4 is 5.32 Å². The van der Waals surface area contributed by atoms with Crippen LogP contribution in [0.15, 0.2) is 0 Å². The minimum atomic E-state index is -0.663. The largest absolute Gasteiger partial charge is 0.469 e. The Morgan fingerprint density at radius 3 is 2.30 bits per heavy atom. The second kappa shape index (κ2) is 6.41. The van der Waals surface area contributed by atoms with E-state index in [1.807, 2.05) is 0 Å². The van der Waals surface area contributed by atoms with Crippen LogP contribution in [0.5, 0.6) is 0 Å². The second-order valence-corrected chi connectivity index (χ2v) is 5.91. The van der Waals surface area contributed by atoms with Crippen molar-refractivity contribution in [3.8, 4) is 0 Å². The molecule has 0 aliphatic heterocycles. The summed E-state index contributed by atoms with van der Waals surface area (Å²) in [6.45, 7) is 4.65. The van der Waals surface area contributed by atoms with E-state index in [9.17, 15) is 19.8 Å². The van der Waals surface area contributed by atoms with E-state index in [1.165, 1.54) is 7.11 Å². The maximum atomic E-state index is 11.7. The van der Waals surface area contributed by atoms with E-state index in [2.05, 4.69) is 10.1 Å². The average Bonchev–Trinajstić information content (AvgIpc) is 3.06. The van der Waals surface area contributed by atoms with Gasteiger partial charge in [-0.1, -0.05) is 0 Å². The molecule has 3 N–H and O–H groups in total. The first kappa shape index (κ1) is 16.7. The van der Waals surface area contributed by atoms with Crippen molar-refractivity contribution in [2.24, 2.45) is 17.8 Å². The van der Waals surface area contributed by atoms with Crippen LogP contribution in [-0.4, -0.2) is 54.2 Å². The number of ether oxygens (including phenoxy) is 2. The van der Waals surface area contributed by atoms with E-state index in [4.69, 9.17) is 4.74 Å². The van der Waals surface area contributed by atoms with E-state index in [0.29, 0.717) is 0 Å². The Hall–Kier alpha value is -1.34. The fourth-order valence-corrected chi connectivity index (χ4v) is 2.37. The highest BCUT2D eigenvalue weighted by Gasteiger charge is 2.58. The summed E-state index contributed by atoms with van der Waals surface area (Å²) in [5, 5.41) is 21.1. The van der Waals surface area contributed by atoms with Crippen molar-refractivity contribution in [1.29, 1.82) is 0 Å². The highest BCUT2D eigenvalue weighted by atomic mass is 16.6. The number of aliphatic hydroxyl groups is 2. The molecule has 1 saturated carbocycles. The summed E-state index contributed by atoms with van der Waals surface area (Å²) in [7, 11) is 1.27. The first-order valence-corrected chi connectivity index (χ1v) is 6.54. The van der Waals surface area contributed by atoms with Crippen LogP contribution in [-0.2, 0) is 14.3 Å². The third-order valence-electron chi connectivity index (χ3n) is 3.28. The average molecular weight is 289 g/mol. The van der Waals surface area contributed by atoms with E-state index in [-0.39, 0.29) is 25.0 Å². The van der Waals surface area contributed by atoms with Gasteiger partial charge in [-0.2, -0.15) is 0 Å². The van der Waals surface area contributed by atoms with Gasteiger partial charge in [-0.05, 0) is 20.8 Å². The minimum Gasteiger partial charge on any atom is -0.469 e. The summed E-state index contributed by atoms with van der Waals surface area (Å²) in [6, 6.07) is -0.647. The van der Waals surface area contributed by atoms with Crippen LogP contribution in [0.1, 0.15) is 20.8 Å². The summed E-state index contributed by atoms with van der Waals surface area (Å²) < 4.78 is 9.74. The normalized spacial score (nSPS) is 26.6.